The molecule has 1 saturated heterocycles. The Morgan fingerprint density at radius 2 is 1.81 bits per heavy atom. The van der Waals surface area contributed by atoms with Crippen LogP contribution in [0.25, 0.3) is 0 Å². The minimum absolute atomic E-state index is 0.0209. The predicted octanol–water partition coefficient (Wildman–Crippen LogP) is 5.84. The fourth-order valence-corrected chi connectivity index (χ4v) is 11.6. The van der Waals surface area contributed by atoms with Gasteiger partial charge < -0.3 is 20.1 Å². The number of H-pyrrole nitrogens is 1. The van der Waals surface area contributed by atoms with E-state index in [4.69, 9.17) is 16.3 Å². The molecule has 10 nitrogen and oxygen atoms in total. The third-order valence-corrected chi connectivity index (χ3v) is 13.2. The molecule has 2 aliphatic heterocycles. The van der Waals surface area contributed by atoms with Gasteiger partial charge in [0.1, 0.15) is 11.8 Å². The van der Waals surface area contributed by atoms with Crippen molar-refractivity contribution in [2.24, 2.45) is 35.5 Å². The number of ether oxygens (including phenoxy) is 1. The van der Waals surface area contributed by atoms with Crippen LogP contribution in [-0.4, -0.2) is 56.6 Å². The summed E-state index contributed by atoms with van der Waals surface area (Å²) < 4.78 is 6.93. The lowest BCUT2D eigenvalue weighted by Crippen LogP contribution is -2.47. The first-order valence-corrected chi connectivity index (χ1v) is 18.3. The molecule has 0 radical (unpaired) electrons. The lowest BCUT2D eigenvalue weighted by molar-refractivity contribution is -0.156. The Morgan fingerprint density at radius 3 is 2.49 bits per heavy atom. The van der Waals surface area contributed by atoms with E-state index in [1.54, 1.807) is 42.1 Å². The molecule has 2 saturated carbocycles. The zero-order valence-corrected chi connectivity index (χ0v) is 29.3. The van der Waals surface area contributed by atoms with E-state index in [0.717, 1.165) is 36.2 Å². The molecule has 14 heteroatoms. The zero-order valence-electron chi connectivity index (χ0n) is 25.3. The molecule has 3 N–H and O–H groups in total. The Hall–Kier alpha value is -3.13. The number of halogens is 2. The lowest BCUT2D eigenvalue weighted by atomic mass is 9.68. The SMILES string of the molecule is CC(C)CC(C(=O)O)N1C(=O)C2C3CC(C2C1=O)C1C3Sc2[nH]c(=O)sc2[C@@H]1c1cc(Br)ccc1OCC(=O)Nc1ccc(Cl)cc1. The van der Waals surface area contributed by atoms with Gasteiger partial charge in [0.15, 0.2) is 6.61 Å². The van der Waals surface area contributed by atoms with Crippen molar-refractivity contribution in [3.05, 3.63) is 72.1 Å². The van der Waals surface area contributed by atoms with Crippen LogP contribution in [0.5, 0.6) is 5.75 Å². The second-order valence-corrected chi connectivity index (χ2v) is 16.6. The van der Waals surface area contributed by atoms with Crippen molar-refractivity contribution in [1.29, 1.82) is 0 Å². The number of carbonyl (C=O) groups is 4. The van der Waals surface area contributed by atoms with Gasteiger partial charge in [-0.1, -0.05) is 52.7 Å². The first kappa shape index (κ1) is 32.4. The van der Waals surface area contributed by atoms with Gasteiger partial charge in [0.2, 0.25) is 11.8 Å². The number of aliphatic carboxylic acids is 1. The van der Waals surface area contributed by atoms with Gasteiger partial charge >= 0.3 is 10.8 Å². The smallest absolute Gasteiger partial charge is 0.326 e. The van der Waals surface area contributed by atoms with Crippen LogP contribution in [0.3, 0.4) is 0 Å². The second kappa shape index (κ2) is 12.4. The number of fused-ring (bicyclic) bond motifs is 9. The number of thiazole rings is 1. The van der Waals surface area contributed by atoms with Crippen LogP contribution in [0, 0.1) is 35.5 Å². The fraction of sp³-hybridized carbons (Fsp3) is 0.424. The molecule has 7 unspecified atom stereocenters. The maximum absolute atomic E-state index is 14.0. The number of imide groups is 1. The average molecular weight is 761 g/mol. The Kier molecular flexibility index (Phi) is 8.55. The van der Waals surface area contributed by atoms with Crippen LogP contribution < -0.4 is 14.9 Å². The molecule has 47 heavy (non-hydrogen) atoms. The number of amides is 3. The van der Waals surface area contributed by atoms with Crippen molar-refractivity contribution in [2.45, 2.75) is 48.9 Å². The number of carboxylic acid groups (broad SMARTS) is 1. The van der Waals surface area contributed by atoms with Crippen molar-refractivity contribution >= 4 is 80.0 Å². The highest BCUT2D eigenvalue weighted by atomic mass is 79.9. The Bertz CT molecular complexity index is 1850. The Morgan fingerprint density at radius 1 is 1.11 bits per heavy atom. The third-order valence-electron chi connectivity index (χ3n) is 9.84. The number of nitrogens with zero attached hydrogens (tertiary/aromatic N) is 1. The molecule has 3 heterocycles. The molecule has 0 spiro atoms. The van der Waals surface area contributed by atoms with Crippen molar-refractivity contribution in [1.82, 2.24) is 9.88 Å². The summed E-state index contributed by atoms with van der Waals surface area (Å²) in [5.74, 6) is -3.93. The van der Waals surface area contributed by atoms with Crippen LogP contribution >= 0.6 is 50.6 Å². The second-order valence-electron chi connectivity index (χ2n) is 13.0. The van der Waals surface area contributed by atoms with Crippen LogP contribution in [-0.2, 0) is 19.2 Å². The number of aromatic amines is 1. The van der Waals surface area contributed by atoms with E-state index in [-0.39, 0.29) is 64.6 Å². The van der Waals surface area contributed by atoms with Gasteiger partial charge in [0, 0.05) is 36.8 Å². The number of anilines is 1. The third kappa shape index (κ3) is 5.62. The highest BCUT2D eigenvalue weighted by Gasteiger charge is 2.70. The number of hydrogen-bond acceptors (Lipinski definition) is 8. The largest absolute Gasteiger partial charge is 0.483 e. The van der Waals surface area contributed by atoms with Gasteiger partial charge in [-0.05, 0) is 79.0 Å². The minimum Gasteiger partial charge on any atom is -0.483 e. The van der Waals surface area contributed by atoms with E-state index >= 15 is 0 Å². The van der Waals surface area contributed by atoms with E-state index in [9.17, 15) is 29.1 Å². The summed E-state index contributed by atoms with van der Waals surface area (Å²) in [5, 5.41) is 14.0. The summed E-state index contributed by atoms with van der Waals surface area (Å²) in [6.07, 6.45) is 0.850. The van der Waals surface area contributed by atoms with Crippen molar-refractivity contribution in [2.75, 3.05) is 11.9 Å². The molecule has 2 aliphatic carbocycles. The number of likely N-dealkylation sites (tertiary alicyclic amines) is 1. The highest BCUT2D eigenvalue weighted by molar-refractivity contribution is 9.10. The molecule has 8 atom stereocenters. The van der Waals surface area contributed by atoms with E-state index < -0.39 is 29.8 Å². The maximum Gasteiger partial charge on any atom is 0.326 e. The molecule has 7 rings (SSSR count). The summed E-state index contributed by atoms with van der Waals surface area (Å²) in [6.45, 7) is 3.48. The number of thioether (sulfide) groups is 1. The molecule has 2 bridgehead atoms. The number of benzene rings is 2. The monoisotopic (exact) mass is 759 g/mol. The number of rotatable bonds is 9. The molecular formula is C33H31BrClN3O7S2. The molecule has 2 aromatic carbocycles. The van der Waals surface area contributed by atoms with Gasteiger partial charge in [-0.2, -0.15) is 0 Å². The standard InChI is InChI=1S/C33H31BrClN3O7S2/c1-13(2)9-20(32(42)43)38-30(40)25-18-11-19(26(25)31(38)41)27-24(18)23(28-29(46-27)37-33(44)47-28)17-10-14(34)3-8-21(17)45-12-22(39)36-16-6-4-15(35)5-7-16/h3-8,10,13,18-20,23-27H,9,11-12H2,1-2H3,(H,36,39)(H,37,44)(H,42,43)/t18?,19?,20?,23-,24?,25?,26?,27?/m1/s1. The summed E-state index contributed by atoms with van der Waals surface area (Å²) in [7, 11) is 0. The molecular weight excluding hydrogens is 730 g/mol. The number of aromatic nitrogens is 1. The van der Waals surface area contributed by atoms with Crippen LogP contribution in [0.2, 0.25) is 5.02 Å². The number of carbonyl (C=O) groups excluding carboxylic acids is 3. The van der Waals surface area contributed by atoms with E-state index in [1.165, 1.54) is 0 Å². The van der Waals surface area contributed by atoms with Crippen molar-refractivity contribution in [3.63, 3.8) is 0 Å². The quantitative estimate of drug-likeness (QED) is 0.231. The van der Waals surface area contributed by atoms with Gasteiger partial charge in [-0.3, -0.25) is 24.1 Å². The molecule has 3 aromatic rings. The topological polar surface area (TPSA) is 146 Å². The normalized spacial score (nSPS) is 27.9. The van der Waals surface area contributed by atoms with E-state index in [0.29, 0.717) is 22.9 Å². The summed E-state index contributed by atoms with van der Waals surface area (Å²) in [6, 6.07) is 11.1. The highest BCUT2D eigenvalue weighted by Crippen LogP contribution is 2.69. The van der Waals surface area contributed by atoms with Crippen LogP contribution in [0.15, 0.2) is 56.8 Å². The van der Waals surface area contributed by atoms with Gasteiger partial charge in [-0.15, -0.1) is 11.8 Å². The van der Waals surface area contributed by atoms with Crippen LogP contribution in [0.4, 0.5) is 5.69 Å². The maximum atomic E-state index is 14.0. The Labute approximate surface area is 291 Å². The average Bonchev–Trinajstić information content (AvgIpc) is 3.75. The Balaban J connectivity index is 1.23. The number of carboxylic acids is 1. The van der Waals surface area contributed by atoms with E-state index in [1.807, 2.05) is 26.0 Å². The van der Waals surface area contributed by atoms with Crippen molar-refractivity contribution in [3.8, 4) is 5.75 Å². The van der Waals surface area contributed by atoms with Gasteiger partial charge in [0.25, 0.3) is 5.91 Å². The van der Waals surface area contributed by atoms with Crippen LogP contribution in [0.1, 0.15) is 43.0 Å². The molecule has 3 amide bonds. The molecule has 4 aliphatic rings. The first-order valence-electron chi connectivity index (χ1n) is 15.4. The zero-order chi connectivity index (χ0) is 33.3. The molecule has 3 fully saturated rings. The van der Waals surface area contributed by atoms with Gasteiger partial charge in [-0.25, -0.2) is 4.79 Å². The lowest BCUT2D eigenvalue weighted by Gasteiger charge is -2.43. The summed E-state index contributed by atoms with van der Waals surface area (Å²) >= 11 is 12.2. The first-order chi connectivity index (χ1) is 22.4. The van der Waals surface area contributed by atoms with Crippen molar-refractivity contribution < 1.29 is 29.0 Å². The predicted molar refractivity (Wildman–Crippen MR) is 181 cm³/mol. The van der Waals surface area contributed by atoms with E-state index in [2.05, 4.69) is 26.2 Å². The fourth-order valence-electron chi connectivity index (χ4n) is 8.23. The molecule has 1 aromatic heterocycles. The summed E-state index contributed by atoms with van der Waals surface area (Å²) in [5.41, 5.74) is 1.35. The number of hydrogen-bond donors (Lipinski definition) is 3. The number of nitrogens with one attached hydrogen (secondary N) is 2. The summed E-state index contributed by atoms with van der Waals surface area (Å²) in [4.78, 5) is 70.5. The van der Waals surface area contributed by atoms with Gasteiger partial charge in [0.05, 0.1) is 16.9 Å². The minimum atomic E-state index is -1.20. The molecule has 246 valence electrons.